The molecule has 0 aromatic heterocycles. The van der Waals surface area contributed by atoms with Crippen LogP contribution in [0.4, 0.5) is 0 Å². The molecule has 0 atom stereocenters. The lowest BCUT2D eigenvalue weighted by Gasteiger charge is -2.10. The quantitative estimate of drug-likeness (QED) is 0.320. The molecule has 0 saturated heterocycles. The highest BCUT2D eigenvalue weighted by molar-refractivity contribution is 14.0. The van der Waals surface area contributed by atoms with E-state index >= 15 is 0 Å². The van der Waals surface area contributed by atoms with E-state index in [1.54, 1.807) is 6.08 Å². The van der Waals surface area contributed by atoms with Crippen molar-refractivity contribution in [2.24, 2.45) is 10.7 Å². The second-order valence-corrected chi connectivity index (χ2v) is 6.24. The first-order valence-electron chi connectivity index (χ1n) is 4.75. The number of hydrogen-bond donors (Lipinski definition) is 2. The van der Waals surface area contributed by atoms with E-state index in [9.17, 15) is 8.42 Å². The minimum atomic E-state index is -3.02. The summed E-state index contributed by atoms with van der Waals surface area (Å²) in [6, 6.07) is 0. The average Bonchev–Trinajstić information content (AvgIpc) is 2.91. The maximum absolute atomic E-state index is 11.4. The third-order valence-corrected chi connectivity index (χ3v) is 4.67. The highest BCUT2D eigenvalue weighted by Crippen LogP contribution is 2.43. The van der Waals surface area contributed by atoms with Crippen LogP contribution in [-0.4, -0.2) is 38.5 Å². The van der Waals surface area contributed by atoms with Gasteiger partial charge in [0.1, 0.15) is 0 Å². The monoisotopic (exact) mass is 359 g/mol. The van der Waals surface area contributed by atoms with Crippen molar-refractivity contribution >= 4 is 39.8 Å². The fourth-order valence-electron chi connectivity index (χ4n) is 1.25. The lowest BCUT2D eigenvalue weighted by atomic mass is 10.4. The Morgan fingerprint density at radius 3 is 2.56 bits per heavy atom. The Labute approximate surface area is 114 Å². The standard InChI is InChI=1S/C9H17N3O2S.HI/c1-3-6-11-8(10)12-7-9(4-5-9)15(2,13)14;/h3H,1,4-7H2,2H3,(H3,10,11,12);1H. The Balaban J connectivity index is 0.00000225. The highest BCUT2D eigenvalue weighted by atomic mass is 127. The van der Waals surface area contributed by atoms with Gasteiger partial charge < -0.3 is 11.1 Å². The molecule has 5 nitrogen and oxygen atoms in total. The van der Waals surface area contributed by atoms with Gasteiger partial charge in [0.05, 0.1) is 11.3 Å². The lowest BCUT2D eigenvalue weighted by molar-refractivity contribution is 0.583. The predicted molar refractivity (Wildman–Crippen MR) is 76.9 cm³/mol. The number of guanidine groups is 1. The highest BCUT2D eigenvalue weighted by Gasteiger charge is 2.51. The number of nitrogens with two attached hydrogens (primary N) is 1. The molecule has 1 rings (SSSR count). The molecule has 0 radical (unpaired) electrons. The van der Waals surface area contributed by atoms with E-state index < -0.39 is 14.6 Å². The first-order chi connectivity index (χ1) is 6.91. The number of aliphatic imine (C=N–C) groups is 1. The van der Waals surface area contributed by atoms with Crippen molar-refractivity contribution in [3.8, 4) is 0 Å². The fourth-order valence-corrected chi connectivity index (χ4v) is 2.39. The molecule has 0 spiro atoms. The van der Waals surface area contributed by atoms with E-state index in [1.807, 2.05) is 0 Å². The van der Waals surface area contributed by atoms with Gasteiger partial charge in [-0.2, -0.15) is 0 Å². The third-order valence-electron chi connectivity index (χ3n) is 2.56. The molecule has 7 heteroatoms. The summed E-state index contributed by atoms with van der Waals surface area (Å²) in [5.41, 5.74) is 5.53. The van der Waals surface area contributed by atoms with Gasteiger partial charge in [0, 0.05) is 12.8 Å². The zero-order valence-corrected chi connectivity index (χ0v) is 12.4. The Morgan fingerprint density at radius 2 is 2.19 bits per heavy atom. The maximum atomic E-state index is 11.4. The predicted octanol–water partition coefficient (Wildman–Crippen LogP) is 0.272. The van der Waals surface area contributed by atoms with Crippen LogP contribution in [0.25, 0.3) is 0 Å². The summed E-state index contributed by atoms with van der Waals surface area (Å²) in [5.74, 6) is 0.268. The topological polar surface area (TPSA) is 84.5 Å². The summed E-state index contributed by atoms with van der Waals surface area (Å²) < 4.78 is 22.1. The number of nitrogens with zero attached hydrogens (tertiary/aromatic N) is 1. The summed E-state index contributed by atoms with van der Waals surface area (Å²) in [5, 5.41) is 2.80. The molecule has 0 aromatic carbocycles. The lowest BCUT2D eigenvalue weighted by Crippen LogP contribution is -2.34. The summed E-state index contributed by atoms with van der Waals surface area (Å²) in [6.07, 6.45) is 4.28. The number of rotatable bonds is 5. The zero-order valence-electron chi connectivity index (χ0n) is 9.27. The van der Waals surface area contributed by atoms with Gasteiger partial charge in [-0.15, -0.1) is 30.6 Å². The Kier molecular flexibility index (Phi) is 5.74. The van der Waals surface area contributed by atoms with Crippen LogP contribution in [0.1, 0.15) is 12.8 Å². The first kappa shape index (κ1) is 15.7. The molecule has 1 aliphatic carbocycles. The van der Waals surface area contributed by atoms with Crippen LogP contribution in [0.15, 0.2) is 17.6 Å². The normalized spacial score (nSPS) is 18.4. The van der Waals surface area contributed by atoms with Gasteiger partial charge in [0.15, 0.2) is 15.8 Å². The van der Waals surface area contributed by atoms with Crippen LogP contribution in [0.5, 0.6) is 0 Å². The SMILES string of the molecule is C=CCNC(N)=NCC1(S(C)(=O)=O)CC1.I. The minimum Gasteiger partial charge on any atom is -0.370 e. The van der Waals surface area contributed by atoms with E-state index in [0.29, 0.717) is 19.4 Å². The fraction of sp³-hybridized carbons (Fsp3) is 0.667. The van der Waals surface area contributed by atoms with E-state index in [4.69, 9.17) is 5.73 Å². The van der Waals surface area contributed by atoms with Gasteiger partial charge in [-0.1, -0.05) is 6.08 Å². The molecule has 1 saturated carbocycles. The van der Waals surface area contributed by atoms with Crippen molar-refractivity contribution in [3.63, 3.8) is 0 Å². The molecule has 16 heavy (non-hydrogen) atoms. The largest absolute Gasteiger partial charge is 0.370 e. The molecule has 0 amide bonds. The third kappa shape index (κ3) is 3.93. The molecular formula is C9H18IN3O2S. The van der Waals surface area contributed by atoms with Crippen LogP contribution in [-0.2, 0) is 9.84 Å². The van der Waals surface area contributed by atoms with Crippen molar-refractivity contribution in [2.75, 3.05) is 19.3 Å². The van der Waals surface area contributed by atoms with Gasteiger partial charge in [-0.3, -0.25) is 4.99 Å². The molecule has 0 bridgehead atoms. The van der Waals surface area contributed by atoms with Crippen molar-refractivity contribution in [1.29, 1.82) is 0 Å². The van der Waals surface area contributed by atoms with Gasteiger partial charge in [0.2, 0.25) is 0 Å². The van der Waals surface area contributed by atoms with E-state index in [2.05, 4.69) is 16.9 Å². The van der Waals surface area contributed by atoms with Crippen molar-refractivity contribution in [3.05, 3.63) is 12.7 Å². The Morgan fingerprint density at radius 1 is 1.62 bits per heavy atom. The molecule has 0 heterocycles. The molecule has 0 unspecified atom stereocenters. The Bertz CT molecular complexity index is 374. The molecular weight excluding hydrogens is 341 g/mol. The smallest absolute Gasteiger partial charge is 0.188 e. The second kappa shape index (κ2) is 5.85. The van der Waals surface area contributed by atoms with Gasteiger partial charge in [-0.05, 0) is 12.8 Å². The molecule has 0 aliphatic heterocycles. The summed E-state index contributed by atoms with van der Waals surface area (Å²) in [7, 11) is -3.02. The second-order valence-electron chi connectivity index (χ2n) is 3.83. The van der Waals surface area contributed by atoms with Crippen molar-refractivity contribution < 1.29 is 8.42 Å². The summed E-state index contributed by atoms with van der Waals surface area (Å²) in [6.45, 7) is 4.30. The van der Waals surface area contributed by atoms with Crippen LogP contribution < -0.4 is 11.1 Å². The van der Waals surface area contributed by atoms with Crippen molar-refractivity contribution in [1.82, 2.24) is 5.32 Å². The summed E-state index contributed by atoms with van der Waals surface area (Å²) in [4.78, 5) is 4.02. The Hall–Kier alpha value is -0.310. The van der Waals surface area contributed by atoms with E-state index in [1.165, 1.54) is 6.26 Å². The van der Waals surface area contributed by atoms with Gasteiger partial charge >= 0.3 is 0 Å². The molecule has 1 aliphatic rings. The molecule has 1 fully saturated rings. The molecule has 0 aromatic rings. The van der Waals surface area contributed by atoms with Gasteiger partial charge in [0.25, 0.3) is 0 Å². The number of hydrogen-bond acceptors (Lipinski definition) is 3. The van der Waals surface area contributed by atoms with Crippen LogP contribution in [0.2, 0.25) is 0 Å². The number of halogens is 1. The van der Waals surface area contributed by atoms with Crippen LogP contribution in [0.3, 0.4) is 0 Å². The summed E-state index contributed by atoms with van der Waals surface area (Å²) >= 11 is 0. The van der Waals surface area contributed by atoms with E-state index in [-0.39, 0.29) is 36.5 Å². The zero-order chi connectivity index (χ0) is 11.5. The first-order valence-corrected chi connectivity index (χ1v) is 6.65. The maximum Gasteiger partial charge on any atom is 0.188 e. The minimum absolute atomic E-state index is 0. The average molecular weight is 359 g/mol. The van der Waals surface area contributed by atoms with Gasteiger partial charge in [-0.25, -0.2) is 8.42 Å². The van der Waals surface area contributed by atoms with Crippen LogP contribution in [0, 0.1) is 0 Å². The van der Waals surface area contributed by atoms with Crippen LogP contribution >= 0.6 is 24.0 Å². The molecule has 94 valence electrons. The van der Waals surface area contributed by atoms with Crippen molar-refractivity contribution in [2.45, 2.75) is 17.6 Å². The molecule has 3 N–H and O–H groups in total. The van der Waals surface area contributed by atoms with E-state index in [0.717, 1.165) is 0 Å². The number of nitrogens with one attached hydrogen (secondary N) is 1. The number of sulfone groups is 1.